The van der Waals surface area contributed by atoms with Gasteiger partial charge in [0, 0.05) is 7.05 Å². The lowest BCUT2D eigenvalue weighted by atomic mass is 10.2. The van der Waals surface area contributed by atoms with Crippen molar-refractivity contribution in [3.63, 3.8) is 0 Å². The van der Waals surface area contributed by atoms with Crippen LogP contribution in [0.3, 0.4) is 0 Å². The lowest BCUT2D eigenvalue weighted by molar-refractivity contribution is -0.148. The van der Waals surface area contributed by atoms with Gasteiger partial charge in [0.2, 0.25) is 0 Å². The second kappa shape index (κ2) is 3.82. The van der Waals surface area contributed by atoms with Crippen molar-refractivity contribution in [2.75, 3.05) is 11.9 Å². The van der Waals surface area contributed by atoms with E-state index in [1.54, 1.807) is 18.2 Å². The van der Waals surface area contributed by atoms with Crippen LogP contribution in [0.1, 0.15) is 0 Å². The van der Waals surface area contributed by atoms with Gasteiger partial charge in [0.15, 0.2) is 0 Å². The fraction of sp³-hybridized carbons (Fsp3) is 0.0909. The van der Waals surface area contributed by atoms with Gasteiger partial charge in [-0.15, -0.1) is 0 Å². The topological polar surface area (TPSA) is 74.8 Å². The molecule has 0 bridgehead atoms. The van der Waals surface area contributed by atoms with Gasteiger partial charge in [-0.1, -0.05) is 18.2 Å². The minimum absolute atomic E-state index is 0.259. The van der Waals surface area contributed by atoms with Gasteiger partial charge in [-0.05, 0) is 12.1 Å². The molecular weight excluding hydrogens is 224 g/mol. The highest BCUT2D eigenvalue weighted by atomic mass is 16.2. The molecule has 1 heterocycles. The first kappa shape index (κ1) is 11.0. The number of anilines is 1. The smallest absolute Gasteiger partial charge is 0.277 e. The van der Waals surface area contributed by atoms with Crippen LogP contribution in [0.5, 0.6) is 0 Å². The number of barbiturate groups is 1. The van der Waals surface area contributed by atoms with Gasteiger partial charge >= 0.3 is 23.6 Å². The summed E-state index contributed by atoms with van der Waals surface area (Å²) >= 11 is 0. The third-order valence-electron chi connectivity index (χ3n) is 2.39. The molecule has 2 rings (SSSR count). The average molecular weight is 232 g/mol. The number of carbonyl (C=O) groups excluding carboxylic acids is 4. The Morgan fingerprint density at radius 2 is 1.47 bits per heavy atom. The predicted molar refractivity (Wildman–Crippen MR) is 57.1 cm³/mol. The average Bonchev–Trinajstić information content (AvgIpc) is 2.36. The van der Waals surface area contributed by atoms with E-state index in [4.69, 9.17) is 0 Å². The zero-order chi connectivity index (χ0) is 12.6. The summed E-state index contributed by atoms with van der Waals surface area (Å²) in [5.41, 5.74) is 0.259. The van der Waals surface area contributed by atoms with Crippen LogP contribution in [0.25, 0.3) is 0 Å². The molecule has 1 aromatic rings. The van der Waals surface area contributed by atoms with Crippen LogP contribution in [0.15, 0.2) is 30.3 Å². The summed E-state index contributed by atoms with van der Waals surface area (Å²) in [4.78, 5) is 47.2. The molecule has 6 heteroatoms. The van der Waals surface area contributed by atoms with Crippen LogP contribution in [-0.4, -0.2) is 35.6 Å². The summed E-state index contributed by atoms with van der Waals surface area (Å²) in [7, 11) is 1.16. The zero-order valence-corrected chi connectivity index (χ0v) is 8.91. The molecule has 86 valence electrons. The van der Waals surface area contributed by atoms with E-state index >= 15 is 0 Å². The van der Waals surface area contributed by atoms with E-state index < -0.39 is 23.6 Å². The van der Waals surface area contributed by atoms with Crippen molar-refractivity contribution < 1.29 is 19.2 Å². The van der Waals surface area contributed by atoms with Crippen LogP contribution >= 0.6 is 0 Å². The number of likely N-dealkylation sites (N-methyl/N-ethyl adjacent to an activating group) is 1. The number of amides is 4. The summed E-state index contributed by atoms with van der Waals surface area (Å²) in [6, 6.07) is 7.14. The maximum absolute atomic E-state index is 11.8. The minimum atomic E-state index is -1.21. The molecule has 1 saturated heterocycles. The molecule has 0 aromatic heterocycles. The molecule has 17 heavy (non-hydrogen) atoms. The number of rotatable bonds is 1. The number of Topliss-reactive ketones (excluding diaryl/α,β-unsaturated/α-hetero) is 1. The molecule has 4 amide bonds. The van der Waals surface area contributed by atoms with Crippen molar-refractivity contribution in [3.8, 4) is 0 Å². The van der Waals surface area contributed by atoms with E-state index in [1.807, 2.05) is 0 Å². The van der Waals surface area contributed by atoms with E-state index in [1.165, 1.54) is 12.1 Å². The Hall–Kier alpha value is -2.50. The third-order valence-corrected chi connectivity index (χ3v) is 2.39. The number of para-hydroxylation sites is 1. The maximum atomic E-state index is 11.8. The van der Waals surface area contributed by atoms with Gasteiger partial charge in [-0.2, -0.15) is 0 Å². The third kappa shape index (κ3) is 1.59. The fourth-order valence-electron chi connectivity index (χ4n) is 1.47. The van der Waals surface area contributed by atoms with Crippen LogP contribution in [0.2, 0.25) is 0 Å². The first-order valence-electron chi connectivity index (χ1n) is 4.79. The van der Waals surface area contributed by atoms with Crippen molar-refractivity contribution in [3.05, 3.63) is 30.3 Å². The first-order chi connectivity index (χ1) is 8.04. The number of carbonyl (C=O) groups is 4. The number of ketones is 1. The summed E-state index contributed by atoms with van der Waals surface area (Å²) in [5, 5.41) is 0. The highest BCUT2D eigenvalue weighted by Crippen LogP contribution is 2.18. The van der Waals surface area contributed by atoms with Crippen molar-refractivity contribution in [1.82, 2.24) is 4.90 Å². The quantitative estimate of drug-likeness (QED) is 0.647. The summed E-state index contributed by atoms with van der Waals surface area (Å²) in [6.07, 6.45) is 0. The number of hydrogen-bond acceptors (Lipinski definition) is 4. The largest absolute Gasteiger partial charge is 0.338 e. The van der Waals surface area contributed by atoms with Gasteiger partial charge in [0.25, 0.3) is 0 Å². The van der Waals surface area contributed by atoms with Crippen LogP contribution < -0.4 is 4.90 Å². The zero-order valence-electron chi connectivity index (χ0n) is 8.91. The number of benzene rings is 1. The maximum Gasteiger partial charge on any atom is 0.338 e. The van der Waals surface area contributed by atoms with E-state index in [-0.39, 0.29) is 5.69 Å². The number of urea groups is 1. The molecule has 6 nitrogen and oxygen atoms in total. The molecule has 0 spiro atoms. The minimum Gasteiger partial charge on any atom is -0.277 e. The van der Waals surface area contributed by atoms with E-state index in [0.717, 1.165) is 7.05 Å². The number of imide groups is 2. The Kier molecular flexibility index (Phi) is 2.47. The van der Waals surface area contributed by atoms with Crippen LogP contribution in [-0.2, 0) is 14.4 Å². The van der Waals surface area contributed by atoms with Crippen LogP contribution in [0, 0.1) is 0 Å². The molecule has 0 saturated carbocycles. The second-order valence-corrected chi connectivity index (χ2v) is 3.45. The van der Waals surface area contributed by atoms with Crippen molar-refractivity contribution in [2.24, 2.45) is 0 Å². The van der Waals surface area contributed by atoms with Gasteiger partial charge in [-0.25, -0.2) is 9.69 Å². The highest BCUT2D eigenvalue weighted by molar-refractivity contribution is 6.70. The van der Waals surface area contributed by atoms with Gasteiger partial charge in [-0.3, -0.25) is 19.3 Å². The summed E-state index contributed by atoms with van der Waals surface area (Å²) in [5.74, 6) is -3.44. The van der Waals surface area contributed by atoms with E-state index in [2.05, 4.69) is 0 Å². The Balaban J connectivity index is 2.47. The van der Waals surface area contributed by atoms with Crippen molar-refractivity contribution in [2.45, 2.75) is 0 Å². The molecule has 0 atom stereocenters. The molecule has 0 radical (unpaired) electrons. The molecule has 0 aliphatic carbocycles. The molecule has 1 aliphatic heterocycles. The van der Waals surface area contributed by atoms with Gasteiger partial charge in [0.1, 0.15) is 0 Å². The molecule has 1 aromatic carbocycles. The number of nitrogens with zero attached hydrogens (tertiary/aromatic N) is 2. The summed E-state index contributed by atoms with van der Waals surface area (Å²) < 4.78 is 0. The summed E-state index contributed by atoms with van der Waals surface area (Å²) in [6.45, 7) is 0. The number of hydrogen-bond donors (Lipinski definition) is 0. The lowest BCUT2D eigenvalue weighted by Gasteiger charge is -2.28. The molecule has 0 unspecified atom stereocenters. The Bertz CT molecular complexity index is 524. The monoisotopic (exact) mass is 232 g/mol. The predicted octanol–water partition coefficient (Wildman–Crippen LogP) is 0.181. The van der Waals surface area contributed by atoms with Crippen LogP contribution in [0.4, 0.5) is 10.5 Å². The van der Waals surface area contributed by atoms with Gasteiger partial charge < -0.3 is 0 Å². The molecule has 1 fully saturated rings. The first-order valence-corrected chi connectivity index (χ1v) is 4.79. The lowest BCUT2D eigenvalue weighted by Crippen LogP contribution is -2.59. The SMILES string of the molecule is CN1C(=O)C(=O)C(=O)N(c2ccccc2)C1=O. The van der Waals surface area contributed by atoms with E-state index in [9.17, 15) is 19.2 Å². The Morgan fingerprint density at radius 3 is 2.06 bits per heavy atom. The van der Waals surface area contributed by atoms with Crippen molar-refractivity contribution >= 4 is 29.3 Å². The molecule has 1 aliphatic rings. The standard InChI is InChI=1S/C11H8N2O4/c1-12-9(15)8(14)10(16)13(11(12)17)7-5-3-2-4-6-7/h2-6H,1H3. The normalized spacial score (nSPS) is 16.8. The van der Waals surface area contributed by atoms with Crippen molar-refractivity contribution in [1.29, 1.82) is 0 Å². The molecule has 0 N–H and O–H groups in total. The van der Waals surface area contributed by atoms with E-state index in [0.29, 0.717) is 9.80 Å². The molecular formula is C11H8N2O4. The second-order valence-electron chi connectivity index (χ2n) is 3.45. The highest BCUT2D eigenvalue weighted by Gasteiger charge is 2.43. The fourth-order valence-corrected chi connectivity index (χ4v) is 1.47. The Labute approximate surface area is 96.4 Å². The Morgan fingerprint density at radius 1 is 0.882 bits per heavy atom. The van der Waals surface area contributed by atoms with Gasteiger partial charge in [0.05, 0.1) is 5.69 Å².